The number of ether oxygens (including phenoxy) is 1. The van der Waals surface area contributed by atoms with E-state index >= 15 is 0 Å². The summed E-state index contributed by atoms with van der Waals surface area (Å²) in [5.74, 6) is -0.907. The summed E-state index contributed by atoms with van der Waals surface area (Å²) in [6.45, 7) is 1.75. The second-order valence-corrected chi connectivity index (χ2v) is 4.04. The third kappa shape index (κ3) is 3.28. The van der Waals surface area contributed by atoms with Crippen molar-refractivity contribution < 1.29 is 13.9 Å². The van der Waals surface area contributed by atoms with E-state index in [2.05, 4.69) is 4.98 Å². The number of rotatable bonds is 4. The maximum atomic E-state index is 13.1. The van der Waals surface area contributed by atoms with Crippen molar-refractivity contribution in [1.29, 1.82) is 0 Å². The van der Waals surface area contributed by atoms with Crippen molar-refractivity contribution in [2.45, 2.75) is 13.5 Å². The van der Waals surface area contributed by atoms with Gasteiger partial charge in [-0.3, -0.25) is 9.36 Å². The summed E-state index contributed by atoms with van der Waals surface area (Å²) in [5, 5.41) is 0. The number of halogens is 1. The van der Waals surface area contributed by atoms with Crippen molar-refractivity contribution >= 4 is 5.97 Å². The van der Waals surface area contributed by atoms with Gasteiger partial charge in [-0.1, -0.05) is 12.1 Å². The molecule has 1 aromatic heterocycles. The zero-order valence-electron chi connectivity index (χ0n) is 10.9. The molecule has 1 aromatic carbocycles. The van der Waals surface area contributed by atoms with E-state index in [9.17, 15) is 14.0 Å². The summed E-state index contributed by atoms with van der Waals surface area (Å²) in [6.07, 6.45) is 1.44. The maximum Gasteiger partial charge on any atom is 0.348 e. The smallest absolute Gasteiger partial charge is 0.348 e. The number of benzene rings is 1. The molecule has 5 nitrogen and oxygen atoms in total. The van der Waals surface area contributed by atoms with Crippen LogP contribution >= 0.6 is 0 Å². The predicted octanol–water partition coefficient (Wildman–Crippen LogP) is 1.61. The highest BCUT2D eigenvalue weighted by atomic mass is 19.1. The first-order valence-electron chi connectivity index (χ1n) is 6.09. The van der Waals surface area contributed by atoms with Crippen molar-refractivity contribution in [2.24, 2.45) is 0 Å². The Morgan fingerprint density at radius 2 is 2.20 bits per heavy atom. The van der Waals surface area contributed by atoms with Gasteiger partial charge in [0.2, 0.25) is 0 Å². The average molecular weight is 276 g/mol. The minimum Gasteiger partial charge on any atom is -0.465 e. The molecule has 0 spiro atoms. The fraction of sp³-hybridized carbons (Fsp3) is 0.214. The van der Waals surface area contributed by atoms with Crippen LogP contribution in [0.4, 0.5) is 4.39 Å². The fourth-order valence-corrected chi connectivity index (χ4v) is 1.70. The Hall–Kier alpha value is -2.50. The maximum absolute atomic E-state index is 13.1. The van der Waals surface area contributed by atoms with Gasteiger partial charge in [0.1, 0.15) is 12.4 Å². The molecule has 0 aliphatic carbocycles. The van der Waals surface area contributed by atoms with Crippen LogP contribution in [0.5, 0.6) is 0 Å². The van der Waals surface area contributed by atoms with Crippen molar-refractivity contribution in [3.05, 3.63) is 52.8 Å². The first-order chi connectivity index (χ1) is 9.60. The van der Waals surface area contributed by atoms with Gasteiger partial charge in [0.05, 0.1) is 12.3 Å². The first-order valence-corrected chi connectivity index (χ1v) is 6.09. The highest BCUT2D eigenvalue weighted by Gasteiger charge is 2.08. The number of hydrogen-bond donors (Lipinski definition) is 0. The van der Waals surface area contributed by atoms with Crippen LogP contribution in [0.15, 0.2) is 41.3 Å². The lowest BCUT2D eigenvalue weighted by Gasteiger charge is -2.06. The highest BCUT2D eigenvalue weighted by molar-refractivity contribution is 5.69. The molecule has 20 heavy (non-hydrogen) atoms. The Morgan fingerprint density at radius 3 is 2.85 bits per heavy atom. The SMILES string of the molecule is CCOC(=O)Cn1ccc(-c2cccc(F)c2)nc1=O. The Balaban J connectivity index is 2.26. The van der Waals surface area contributed by atoms with Gasteiger partial charge in [-0.05, 0) is 25.1 Å². The van der Waals surface area contributed by atoms with E-state index in [-0.39, 0.29) is 13.2 Å². The average Bonchev–Trinajstić information content (AvgIpc) is 2.41. The van der Waals surface area contributed by atoms with Crippen LogP contribution in [-0.2, 0) is 16.1 Å². The Kier molecular flexibility index (Phi) is 4.24. The van der Waals surface area contributed by atoms with E-state index < -0.39 is 17.5 Å². The van der Waals surface area contributed by atoms with Gasteiger partial charge < -0.3 is 4.74 Å². The van der Waals surface area contributed by atoms with Crippen LogP contribution in [0.3, 0.4) is 0 Å². The quantitative estimate of drug-likeness (QED) is 0.796. The van der Waals surface area contributed by atoms with Gasteiger partial charge in [-0.25, -0.2) is 9.18 Å². The van der Waals surface area contributed by atoms with Crippen molar-refractivity contribution in [3.8, 4) is 11.3 Å². The van der Waals surface area contributed by atoms with Crippen LogP contribution in [-0.4, -0.2) is 22.1 Å². The van der Waals surface area contributed by atoms with Crippen LogP contribution in [0.2, 0.25) is 0 Å². The topological polar surface area (TPSA) is 61.2 Å². The largest absolute Gasteiger partial charge is 0.465 e. The molecule has 104 valence electrons. The molecule has 0 fully saturated rings. The second kappa shape index (κ2) is 6.10. The monoisotopic (exact) mass is 276 g/mol. The van der Waals surface area contributed by atoms with Gasteiger partial charge in [0, 0.05) is 11.8 Å². The highest BCUT2D eigenvalue weighted by Crippen LogP contribution is 2.15. The molecule has 2 rings (SSSR count). The lowest BCUT2D eigenvalue weighted by Crippen LogP contribution is -2.27. The van der Waals surface area contributed by atoms with Gasteiger partial charge in [-0.15, -0.1) is 0 Å². The van der Waals surface area contributed by atoms with Gasteiger partial charge >= 0.3 is 11.7 Å². The lowest BCUT2D eigenvalue weighted by atomic mass is 10.1. The molecule has 0 aliphatic rings. The second-order valence-electron chi connectivity index (χ2n) is 4.04. The molecule has 0 N–H and O–H groups in total. The Bertz CT molecular complexity index is 682. The summed E-state index contributed by atoms with van der Waals surface area (Å²) in [5.41, 5.74) is 0.278. The Labute approximate surface area is 114 Å². The zero-order valence-corrected chi connectivity index (χ0v) is 10.9. The number of aromatic nitrogens is 2. The molecule has 0 bridgehead atoms. The van der Waals surface area contributed by atoms with Gasteiger partial charge in [0.25, 0.3) is 0 Å². The van der Waals surface area contributed by atoms with Gasteiger partial charge in [-0.2, -0.15) is 4.98 Å². The molecule has 0 amide bonds. The number of esters is 1. The first kappa shape index (κ1) is 13.9. The molecule has 0 unspecified atom stereocenters. The summed E-state index contributed by atoms with van der Waals surface area (Å²) >= 11 is 0. The van der Waals surface area contributed by atoms with E-state index in [0.717, 1.165) is 4.57 Å². The van der Waals surface area contributed by atoms with E-state index in [0.29, 0.717) is 11.3 Å². The minimum absolute atomic E-state index is 0.191. The fourth-order valence-electron chi connectivity index (χ4n) is 1.70. The molecule has 2 aromatic rings. The molecular formula is C14H13FN2O3. The summed E-state index contributed by atoms with van der Waals surface area (Å²) in [4.78, 5) is 26.9. The molecular weight excluding hydrogens is 263 g/mol. The third-order valence-corrected chi connectivity index (χ3v) is 2.60. The molecule has 0 saturated carbocycles. The summed E-state index contributed by atoms with van der Waals surface area (Å²) in [6, 6.07) is 7.34. The van der Waals surface area contributed by atoms with Crippen LogP contribution in [0.25, 0.3) is 11.3 Å². The van der Waals surface area contributed by atoms with E-state index in [1.807, 2.05) is 0 Å². The minimum atomic E-state index is -0.584. The van der Waals surface area contributed by atoms with Crippen molar-refractivity contribution in [3.63, 3.8) is 0 Å². The van der Waals surface area contributed by atoms with Crippen LogP contribution in [0.1, 0.15) is 6.92 Å². The molecule has 0 radical (unpaired) electrons. The summed E-state index contributed by atoms with van der Waals surface area (Å²) in [7, 11) is 0. The zero-order chi connectivity index (χ0) is 14.5. The standard InChI is InChI=1S/C14H13FN2O3/c1-2-20-13(18)9-17-7-6-12(16-14(17)19)10-4-3-5-11(15)8-10/h3-8H,2,9H2,1H3. The number of carbonyl (C=O) groups is 1. The number of nitrogens with zero attached hydrogens (tertiary/aromatic N) is 2. The molecule has 0 aliphatic heterocycles. The van der Waals surface area contributed by atoms with Gasteiger partial charge in [0.15, 0.2) is 0 Å². The van der Waals surface area contributed by atoms with E-state index in [1.165, 1.54) is 24.4 Å². The molecule has 0 saturated heterocycles. The van der Waals surface area contributed by atoms with E-state index in [4.69, 9.17) is 4.74 Å². The molecule has 0 atom stereocenters. The van der Waals surface area contributed by atoms with Crippen LogP contribution in [0, 0.1) is 5.82 Å². The van der Waals surface area contributed by atoms with Crippen molar-refractivity contribution in [1.82, 2.24) is 9.55 Å². The van der Waals surface area contributed by atoms with E-state index in [1.54, 1.807) is 19.1 Å². The number of carbonyl (C=O) groups excluding carboxylic acids is 1. The Morgan fingerprint density at radius 1 is 1.40 bits per heavy atom. The molecule has 1 heterocycles. The van der Waals surface area contributed by atoms with Crippen molar-refractivity contribution in [2.75, 3.05) is 6.61 Å². The summed E-state index contributed by atoms with van der Waals surface area (Å²) < 4.78 is 19.0. The normalized spacial score (nSPS) is 10.3. The lowest BCUT2D eigenvalue weighted by molar-refractivity contribution is -0.143. The predicted molar refractivity (Wildman–Crippen MR) is 70.5 cm³/mol. The molecule has 6 heteroatoms. The number of hydrogen-bond acceptors (Lipinski definition) is 4. The van der Waals surface area contributed by atoms with Crippen LogP contribution < -0.4 is 5.69 Å². The third-order valence-electron chi connectivity index (χ3n) is 2.60.